The van der Waals surface area contributed by atoms with Gasteiger partial charge in [-0.3, -0.25) is 24.5 Å². The van der Waals surface area contributed by atoms with Crippen LogP contribution in [0, 0.1) is 5.82 Å². The van der Waals surface area contributed by atoms with Crippen LogP contribution in [-0.2, 0) is 33.4 Å². The van der Waals surface area contributed by atoms with Gasteiger partial charge >= 0.3 is 12.1 Å². The lowest BCUT2D eigenvalue weighted by atomic mass is 10.0. The first-order chi connectivity index (χ1) is 17.8. The summed E-state index contributed by atoms with van der Waals surface area (Å²) in [4.78, 5) is 49.9. The number of rotatable bonds is 7. The Morgan fingerprint density at radius 3 is 2.50 bits per heavy atom. The highest BCUT2D eigenvalue weighted by Gasteiger charge is 2.44. The largest absolute Gasteiger partial charge is 0.483 e. The van der Waals surface area contributed by atoms with Gasteiger partial charge < -0.3 is 15.0 Å². The van der Waals surface area contributed by atoms with E-state index in [1.807, 2.05) is 5.32 Å². The van der Waals surface area contributed by atoms with Gasteiger partial charge in [-0.25, -0.2) is 4.39 Å². The first-order valence-electron chi connectivity index (χ1n) is 11.2. The highest BCUT2D eigenvalue weighted by atomic mass is 19.4. The number of fused-ring (bicyclic) bond motifs is 1. The van der Waals surface area contributed by atoms with Crippen LogP contribution in [0.4, 0.5) is 26.3 Å². The Hall–Kier alpha value is -4.10. The maximum atomic E-state index is 14.8. The van der Waals surface area contributed by atoms with Gasteiger partial charge in [-0.2, -0.15) is 22.0 Å². The third-order valence-corrected chi connectivity index (χ3v) is 6.00. The van der Waals surface area contributed by atoms with Crippen molar-refractivity contribution in [3.63, 3.8) is 0 Å². The second-order valence-corrected chi connectivity index (χ2v) is 8.69. The van der Waals surface area contributed by atoms with E-state index in [9.17, 15) is 45.5 Å². The summed E-state index contributed by atoms with van der Waals surface area (Å²) >= 11 is 0. The number of hydrogen-bond acceptors (Lipinski definition) is 5. The minimum Gasteiger partial charge on any atom is -0.483 e. The quantitative estimate of drug-likeness (QED) is 0.413. The summed E-state index contributed by atoms with van der Waals surface area (Å²) in [5.74, 6) is -10.00. The smallest absolute Gasteiger partial charge is 0.422 e. The van der Waals surface area contributed by atoms with E-state index in [0.29, 0.717) is 29.3 Å². The van der Waals surface area contributed by atoms with E-state index >= 15 is 0 Å². The van der Waals surface area contributed by atoms with Crippen molar-refractivity contribution in [1.82, 2.24) is 15.5 Å². The molecule has 0 radical (unpaired) electrons. The van der Waals surface area contributed by atoms with Crippen molar-refractivity contribution < 1.29 is 50.3 Å². The molecule has 1 unspecified atom stereocenters. The molecule has 14 heteroatoms. The molecule has 2 aliphatic rings. The summed E-state index contributed by atoms with van der Waals surface area (Å²) < 4.78 is 84.9. The fourth-order valence-electron chi connectivity index (χ4n) is 4.19. The summed E-state index contributed by atoms with van der Waals surface area (Å²) in [7, 11) is 0. The molecule has 2 N–H and O–H groups in total. The van der Waals surface area contributed by atoms with Crippen LogP contribution in [0.1, 0.15) is 39.9 Å². The Balaban J connectivity index is 1.45. The van der Waals surface area contributed by atoms with Crippen molar-refractivity contribution in [2.75, 3.05) is 6.61 Å². The number of alkyl halides is 5. The Morgan fingerprint density at radius 2 is 1.82 bits per heavy atom. The summed E-state index contributed by atoms with van der Waals surface area (Å²) in [5.41, 5.74) is -0.189. The van der Waals surface area contributed by atoms with Gasteiger partial charge in [-0.05, 0) is 35.7 Å². The summed E-state index contributed by atoms with van der Waals surface area (Å²) in [6, 6.07) is 4.79. The van der Waals surface area contributed by atoms with Gasteiger partial charge in [0.2, 0.25) is 11.8 Å². The number of halogens is 6. The summed E-state index contributed by atoms with van der Waals surface area (Å²) in [6.07, 6.45) is -4.66. The van der Waals surface area contributed by atoms with Crippen molar-refractivity contribution in [2.24, 2.45) is 0 Å². The van der Waals surface area contributed by atoms with E-state index in [-0.39, 0.29) is 24.9 Å². The molecule has 0 saturated carbocycles. The van der Waals surface area contributed by atoms with E-state index in [0.717, 1.165) is 0 Å². The Morgan fingerprint density at radius 1 is 1.08 bits per heavy atom. The lowest BCUT2D eigenvalue weighted by Gasteiger charge is -2.29. The van der Waals surface area contributed by atoms with Gasteiger partial charge in [0.25, 0.3) is 11.8 Å². The predicted octanol–water partition coefficient (Wildman–Crippen LogP) is 2.94. The number of nitrogens with zero attached hydrogens (tertiary/aromatic N) is 1. The molecule has 1 saturated heterocycles. The van der Waals surface area contributed by atoms with Crippen LogP contribution in [0.2, 0.25) is 0 Å². The molecule has 202 valence electrons. The zero-order chi connectivity index (χ0) is 27.8. The van der Waals surface area contributed by atoms with Crippen molar-refractivity contribution >= 4 is 23.6 Å². The molecule has 4 amide bonds. The molecule has 0 spiro atoms. The zero-order valence-corrected chi connectivity index (χ0v) is 19.3. The number of carbonyl (C=O) groups excluding carboxylic acids is 4. The van der Waals surface area contributed by atoms with Crippen molar-refractivity contribution in [3.05, 3.63) is 64.5 Å². The zero-order valence-electron chi connectivity index (χ0n) is 19.3. The molecule has 2 aromatic rings. The lowest BCUT2D eigenvalue weighted by molar-refractivity contribution is -0.155. The third-order valence-electron chi connectivity index (χ3n) is 6.00. The second-order valence-electron chi connectivity index (χ2n) is 8.69. The van der Waals surface area contributed by atoms with Crippen LogP contribution in [-0.4, -0.2) is 47.4 Å². The van der Waals surface area contributed by atoms with Crippen molar-refractivity contribution in [2.45, 2.75) is 44.1 Å². The van der Waals surface area contributed by atoms with Gasteiger partial charge in [0.05, 0.1) is 5.56 Å². The maximum absolute atomic E-state index is 14.8. The molecule has 38 heavy (non-hydrogen) atoms. The van der Waals surface area contributed by atoms with E-state index in [4.69, 9.17) is 0 Å². The van der Waals surface area contributed by atoms with Crippen LogP contribution in [0.5, 0.6) is 5.75 Å². The summed E-state index contributed by atoms with van der Waals surface area (Å²) in [6.45, 7) is -2.38. The van der Waals surface area contributed by atoms with Gasteiger partial charge in [0.1, 0.15) is 17.6 Å². The molecular weight excluding hydrogens is 524 g/mol. The van der Waals surface area contributed by atoms with E-state index < -0.39 is 72.1 Å². The number of piperidine rings is 1. The topological polar surface area (TPSA) is 105 Å². The highest BCUT2D eigenvalue weighted by molar-refractivity contribution is 6.05. The van der Waals surface area contributed by atoms with Gasteiger partial charge in [0, 0.05) is 31.1 Å². The molecule has 0 aromatic heterocycles. The number of benzene rings is 2. The maximum Gasteiger partial charge on any atom is 0.422 e. The third kappa shape index (κ3) is 5.58. The number of imide groups is 1. The highest BCUT2D eigenvalue weighted by Crippen LogP contribution is 2.37. The standard InChI is InChI=1S/C24H19F6N3O5/c25-14-2-4-16(18(8-14)38-11-23(26,27)28)24(29,30)22(37)31-9-12-1-3-15-13(7-12)10-33(21(15)36)17-5-6-19(34)32-20(17)35/h1-4,7-8,17H,5-6,9-11H2,(H,31,37)(H,32,34,35). The van der Waals surface area contributed by atoms with E-state index in [1.165, 1.54) is 23.1 Å². The number of ether oxygens (including phenoxy) is 1. The van der Waals surface area contributed by atoms with Crippen molar-refractivity contribution in [3.8, 4) is 5.75 Å². The molecule has 1 atom stereocenters. The fourth-order valence-corrected chi connectivity index (χ4v) is 4.19. The van der Waals surface area contributed by atoms with Gasteiger partial charge in [-0.15, -0.1) is 0 Å². The molecule has 1 fully saturated rings. The normalized spacial score (nSPS) is 17.8. The molecule has 0 aliphatic carbocycles. The fraction of sp³-hybridized carbons (Fsp3) is 0.333. The molecule has 0 bridgehead atoms. The number of carbonyl (C=O) groups is 4. The SMILES string of the molecule is O=C1CCC(N2Cc3cc(CNC(=O)C(F)(F)c4ccc(F)cc4OCC(F)(F)F)ccc3C2=O)C(=O)N1. The molecule has 8 nitrogen and oxygen atoms in total. The number of nitrogens with one attached hydrogen (secondary N) is 2. The Labute approximate surface area is 210 Å². The Bertz CT molecular complexity index is 1310. The first-order valence-corrected chi connectivity index (χ1v) is 11.2. The monoisotopic (exact) mass is 543 g/mol. The van der Waals surface area contributed by atoms with Crippen LogP contribution in [0.25, 0.3) is 0 Å². The average Bonchev–Trinajstić information content (AvgIpc) is 3.16. The predicted molar refractivity (Wildman–Crippen MR) is 116 cm³/mol. The Kier molecular flexibility index (Phi) is 7.08. The molecule has 2 aliphatic heterocycles. The van der Waals surface area contributed by atoms with Gasteiger partial charge in [-0.1, -0.05) is 12.1 Å². The minimum absolute atomic E-state index is 0.0217. The number of hydrogen-bond donors (Lipinski definition) is 2. The van der Waals surface area contributed by atoms with E-state index in [2.05, 4.69) is 10.1 Å². The number of amides is 4. The molecule has 4 rings (SSSR count). The molecule has 2 heterocycles. The minimum atomic E-state index is -4.89. The van der Waals surface area contributed by atoms with Crippen LogP contribution in [0.15, 0.2) is 36.4 Å². The molecule has 2 aromatic carbocycles. The van der Waals surface area contributed by atoms with Crippen LogP contribution >= 0.6 is 0 Å². The van der Waals surface area contributed by atoms with E-state index in [1.54, 1.807) is 0 Å². The van der Waals surface area contributed by atoms with Crippen molar-refractivity contribution in [1.29, 1.82) is 0 Å². The van der Waals surface area contributed by atoms with Crippen LogP contribution < -0.4 is 15.4 Å². The summed E-state index contributed by atoms with van der Waals surface area (Å²) in [5, 5.41) is 4.15. The average molecular weight is 543 g/mol. The van der Waals surface area contributed by atoms with Gasteiger partial charge in [0.15, 0.2) is 6.61 Å². The second kappa shape index (κ2) is 9.99. The first kappa shape index (κ1) is 26.9. The molecular formula is C24H19F6N3O5. The lowest BCUT2D eigenvalue weighted by Crippen LogP contribution is -2.52. The van der Waals surface area contributed by atoms with Crippen LogP contribution in [0.3, 0.4) is 0 Å².